The zero-order valence-corrected chi connectivity index (χ0v) is 8.35. The third kappa shape index (κ3) is 2.01. The second kappa shape index (κ2) is 3.42. The highest BCUT2D eigenvalue weighted by Gasteiger charge is 2.41. The monoisotopic (exact) mass is 234 g/mol. The fourth-order valence-electron chi connectivity index (χ4n) is 1.26. The Hall–Kier alpha value is -1.77. The molecule has 8 nitrogen and oxygen atoms in total. The quantitative estimate of drug-likeness (QED) is 0.492. The molecule has 9 heteroatoms. The van der Waals surface area contributed by atoms with Gasteiger partial charge in [-0.2, -0.15) is 0 Å². The van der Waals surface area contributed by atoms with Gasteiger partial charge in [0.1, 0.15) is 0 Å². The van der Waals surface area contributed by atoms with Crippen LogP contribution >= 0.6 is 0 Å². The summed E-state index contributed by atoms with van der Waals surface area (Å²) in [4.78, 5) is 18.7. The van der Waals surface area contributed by atoms with E-state index in [1.165, 1.54) is 6.92 Å². The largest absolute Gasteiger partial charge is 0.362 e. The summed E-state index contributed by atoms with van der Waals surface area (Å²) in [5, 5.41) is 19.6. The number of sulfone groups is 1. The summed E-state index contributed by atoms with van der Waals surface area (Å²) < 4.78 is 22.5. The molecule has 0 fully saturated rings. The van der Waals surface area contributed by atoms with Gasteiger partial charge in [-0.15, -0.1) is 0 Å². The zero-order chi connectivity index (χ0) is 11.8. The van der Waals surface area contributed by atoms with E-state index in [9.17, 15) is 28.6 Å². The van der Waals surface area contributed by atoms with Crippen LogP contribution in [0.15, 0.2) is 22.4 Å². The molecule has 0 bridgehead atoms. The van der Waals surface area contributed by atoms with E-state index in [-0.39, 0.29) is 11.1 Å². The van der Waals surface area contributed by atoms with Crippen LogP contribution in [0.2, 0.25) is 0 Å². The van der Waals surface area contributed by atoms with Crippen molar-refractivity contribution in [1.82, 2.24) is 0 Å². The van der Waals surface area contributed by atoms with Gasteiger partial charge in [0.05, 0.1) is 15.6 Å². The lowest BCUT2D eigenvalue weighted by Crippen LogP contribution is -2.10. The molecule has 0 amide bonds. The van der Waals surface area contributed by atoms with Crippen molar-refractivity contribution < 1.29 is 18.3 Å². The third-order valence-electron chi connectivity index (χ3n) is 1.87. The average Bonchev–Trinajstić information content (AvgIpc) is 2.19. The van der Waals surface area contributed by atoms with Crippen molar-refractivity contribution in [1.29, 1.82) is 0 Å². The van der Waals surface area contributed by atoms with Crippen molar-refractivity contribution in [3.8, 4) is 0 Å². The smallest absolute Gasteiger partial charge is 0.259 e. The minimum atomic E-state index is -4.02. The molecule has 0 radical (unpaired) electrons. The molecular weight excluding hydrogens is 228 g/mol. The van der Waals surface area contributed by atoms with Gasteiger partial charge in [0, 0.05) is 11.1 Å². The third-order valence-corrected chi connectivity index (χ3v) is 3.61. The molecule has 0 aromatic heterocycles. The lowest BCUT2D eigenvalue weighted by atomic mass is 10.2. The Morgan fingerprint density at radius 2 is 1.87 bits per heavy atom. The molecule has 0 spiro atoms. The number of allylic oxidation sites excluding steroid dienone is 1. The Balaban J connectivity index is 3.39. The highest BCUT2D eigenvalue weighted by Crippen LogP contribution is 2.30. The van der Waals surface area contributed by atoms with Crippen molar-refractivity contribution >= 4 is 9.84 Å². The van der Waals surface area contributed by atoms with Crippen LogP contribution in [0.5, 0.6) is 0 Å². The number of hydrogen-bond donors (Lipinski definition) is 0. The Kier molecular flexibility index (Phi) is 2.58. The van der Waals surface area contributed by atoms with Crippen LogP contribution in [0.1, 0.15) is 6.92 Å². The van der Waals surface area contributed by atoms with Crippen molar-refractivity contribution in [3.05, 3.63) is 42.6 Å². The molecule has 0 N–H and O–H groups in total. The molecule has 15 heavy (non-hydrogen) atoms. The van der Waals surface area contributed by atoms with Gasteiger partial charge in [-0.25, -0.2) is 8.42 Å². The van der Waals surface area contributed by atoms with Gasteiger partial charge in [0.15, 0.2) is 0 Å². The molecule has 0 aliphatic carbocycles. The highest BCUT2D eigenvalue weighted by molar-refractivity contribution is 7.95. The van der Waals surface area contributed by atoms with Crippen LogP contribution < -0.4 is 0 Å². The number of rotatable bonds is 2. The van der Waals surface area contributed by atoms with Gasteiger partial charge < -0.3 is 0 Å². The second-order valence-corrected chi connectivity index (χ2v) is 4.79. The van der Waals surface area contributed by atoms with Gasteiger partial charge >= 0.3 is 5.03 Å². The molecule has 0 saturated carbocycles. The average molecular weight is 234 g/mol. The van der Waals surface area contributed by atoms with Crippen molar-refractivity contribution in [2.75, 3.05) is 5.75 Å². The maximum atomic E-state index is 11.2. The fraction of sp³-hybridized carbons (Fsp3) is 0.333. The fourth-order valence-corrected chi connectivity index (χ4v) is 2.93. The molecule has 1 aliphatic rings. The molecule has 1 aliphatic heterocycles. The van der Waals surface area contributed by atoms with Crippen molar-refractivity contribution in [3.63, 3.8) is 0 Å². The van der Waals surface area contributed by atoms with E-state index >= 15 is 0 Å². The number of nitrogens with zero attached hydrogens (tertiary/aromatic N) is 2. The summed E-state index contributed by atoms with van der Waals surface area (Å²) in [6.07, 6.45) is 0.476. The van der Waals surface area contributed by atoms with E-state index in [2.05, 4.69) is 0 Å². The van der Waals surface area contributed by atoms with Gasteiger partial charge in [0.2, 0.25) is 16.0 Å². The first kappa shape index (κ1) is 11.3. The lowest BCUT2D eigenvalue weighted by Gasteiger charge is -1.90. The number of nitro groups is 2. The molecule has 0 aromatic rings. The van der Waals surface area contributed by atoms with Crippen LogP contribution in [0, 0.1) is 20.2 Å². The molecule has 0 unspecified atom stereocenters. The SMILES string of the molecule is CC1=C([N+](=O)[O-])S(=O)(=O)C/C1=C\[N+](=O)[O-]. The first-order chi connectivity index (χ1) is 6.75. The predicted molar refractivity (Wildman–Crippen MR) is 48.6 cm³/mol. The Morgan fingerprint density at radius 1 is 1.33 bits per heavy atom. The molecule has 0 atom stereocenters. The normalized spacial score (nSPS) is 22.1. The topological polar surface area (TPSA) is 120 Å². The van der Waals surface area contributed by atoms with Crippen molar-refractivity contribution in [2.45, 2.75) is 6.92 Å². The highest BCUT2D eigenvalue weighted by atomic mass is 32.2. The molecular formula is C6H6N2O6S. The molecule has 82 valence electrons. The zero-order valence-electron chi connectivity index (χ0n) is 7.54. The van der Waals surface area contributed by atoms with E-state index in [1.807, 2.05) is 0 Å². The Labute approximate surface area is 84.1 Å². The van der Waals surface area contributed by atoms with Gasteiger partial charge in [-0.1, -0.05) is 0 Å². The van der Waals surface area contributed by atoms with Gasteiger partial charge in [-0.05, 0) is 6.92 Å². The maximum absolute atomic E-state index is 11.2. The van der Waals surface area contributed by atoms with E-state index in [1.54, 1.807) is 0 Å². The first-order valence-electron chi connectivity index (χ1n) is 3.68. The van der Waals surface area contributed by atoms with Crippen LogP contribution in [-0.2, 0) is 9.84 Å². The Morgan fingerprint density at radius 3 is 2.20 bits per heavy atom. The summed E-state index contributed by atoms with van der Waals surface area (Å²) in [7, 11) is -4.02. The summed E-state index contributed by atoms with van der Waals surface area (Å²) in [5.74, 6) is -0.684. The van der Waals surface area contributed by atoms with Crippen LogP contribution in [-0.4, -0.2) is 24.0 Å². The summed E-state index contributed by atoms with van der Waals surface area (Å²) in [5.41, 5.74) is -0.316. The van der Waals surface area contributed by atoms with E-state index in [4.69, 9.17) is 0 Å². The molecule has 1 rings (SSSR count). The molecule has 1 heterocycles. The minimum Gasteiger partial charge on any atom is -0.259 e. The van der Waals surface area contributed by atoms with E-state index in [0.29, 0.717) is 6.20 Å². The molecule has 0 saturated heterocycles. The van der Waals surface area contributed by atoms with Crippen LogP contribution in [0.3, 0.4) is 0 Å². The van der Waals surface area contributed by atoms with E-state index < -0.39 is 30.5 Å². The van der Waals surface area contributed by atoms with Crippen molar-refractivity contribution in [2.24, 2.45) is 0 Å². The van der Waals surface area contributed by atoms with E-state index in [0.717, 1.165) is 0 Å². The van der Waals surface area contributed by atoms with Crippen LogP contribution in [0.4, 0.5) is 0 Å². The summed E-state index contributed by atoms with van der Waals surface area (Å²) >= 11 is 0. The molecule has 0 aromatic carbocycles. The standard InChI is InChI=1S/C6H6N2O6S/c1-4-5(2-7(9)10)3-15(13,14)6(4)8(11)12/h2H,3H2,1H3/b5-2+. The summed E-state index contributed by atoms with van der Waals surface area (Å²) in [6.45, 7) is 1.18. The van der Waals surface area contributed by atoms with Gasteiger partial charge in [0.25, 0.3) is 0 Å². The first-order valence-corrected chi connectivity index (χ1v) is 5.33. The maximum Gasteiger partial charge on any atom is 0.362 e. The minimum absolute atomic E-state index is 0.147. The number of hydrogen-bond acceptors (Lipinski definition) is 6. The predicted octanol–water partition coefficient (Wildman–Crippen LogP) is 0.0836. The van der Waals surface area contributed by atoms with Gasteiger partial charge in [-0.3, -0.25) is 20.2 Å². The Bertz CT molecular complexity index is 500. The lowest BCUT2D eigenvalue weighted by molar-refractivity contribution is -0.412. The second-order valence-electron chi connectivity index (χ2n) is 2.89. The summed E-state index contributed by atoms with van der Waals surface area (Å²) in [6, 6.07) is 0. The van der Waals surface area contributed by atoms with Crippen LogP contribution in [0.25, 0.3) is 0 Å².